The predicted molar refractivity (Wildman–Crippen MR) is 67.7 cm³/mol. The van der Waals surface area contributed by atoms with Gasteiger partial charge < -0.3 is 9.40 Å². The van der Waals surface area contributed by atoms with Gasteiger partial charge in [-0.3, -0.25) is 0 Å². The van der Waals surface area contributed by atoms with E-state index >= 15 is 0 Å². The van der Waals surface area contributed by atoms with Crippen LogP contribution in [0.4, 0.5) is 13.2 Å². The van der Waals surface area contributed by atoms with Gasteiger partial charge in [0.2, 0.25) is 0 Å². The molecule has 0 unspecified atom stereocenters. The van der Waals surface area contributed by atoms with Crippen LogP contribution in [0.3, 0.4) is 0 Å². The second kappa shape index (κ2) is 5.78. The molecule has 1 aromatic heterocycles. The minimum atomic E-state index is -4.39. The first-order chi connectivity index (χ1) is 9.86. The molecule has 0 saturated heterocycles. The fourth-order valence-corrected chi connectivity index (χ4v) is 1.46. The first kappa shape index (κ1) is 14.8. The van der Waals surface area contributed by atoms with E-state index in [2.05, 4.69) is 15.0 Å². The molecule has 1 heterocycles. The van der Waals surface area contributed by atoms with Gasteiger partial charge in [-0.05, 0) is 17.7 Å². The number of carbonyl (C=O) groups is 1. The standard InChI is InChI=1S/C13H10F3N3O2/c1-19-7-11(17-8-19)12(20)21-18-6-9-2-4-10(5-3-9)13(14,15)16/h2-8H,1H3. The Labute approximate surface area is 117 Å². The highest BCUT2D eigenvalue weighted by Gasteiger charge is 2.29. The summed E-state index contributed by atoms with van der Waals surface area (Å²) in [4.78, 5) is 19.8. The van der Waals surface area contributed by atoms with Crippen LogP contribution < -0.4 is 0 Å². The van der Waals surface area contributed by atoms with Crippen LogP contribution in [-0.4, -0.2) is 21.7 Å². The summed E-state index contributed by atoms with van der Waals surface area (Å²) in [6.45, 7) is 0. The maximum Gasteiger partial charge on any atom is 0.416 e. The molecule has 0 fully saturated rings. The molecule has 0 atom stereocenters. The van der Waals surface area contributed by atoms with Crippen molar-refractivity contribution in [3.05, 3.63) is 53.6 Å². The number of rotatable bonds is 3. The van der Waals surface area contributed by atoms with Crippen molar-refractivity contribution in [1.82, 2.24) is 9.55 Å². The first-order valence-corrected chi connectivity index (χ1v) is 5.76. The van der Waals surface area contributed by atoms with Crippen LogP contribution in [0.15, 0.2) is 41.9 Å². The fraction of sp³-hybridized carbons (Fsp3) is 0.154. The van der Waals surface area contributed by atoms with Gasteiger partial charge >= 0.3 is 12.1 Å². The van der Waals surface area contributed by atoms with E-state index in [1.165, 1.54) is 24.7 Å². The zero-order valence-corrected chi connectivity index (χ0v) is 10.8. The molecule has 1 aromatic carbocycles. The summed E-state index contributed by atoms with van der Waals surface area (Å²) in [6.07, 6.45) is -0.367. The summed E-state index contributed by atoms with van der Waals surface area (Å²) < 4.78 is 38.6. The van der Waals surface area contributed by atoms with Gasteiger partial charge in [0.1, 0.15) is 0 Å². The quantitative estimate of drug-likeness (QED) is 0.497. The van der Waals surface area contributed by atoms with Crippen LogP contribution in [-0.2, 0) is 18.1 Å². The number of carbonyl (C=O) groups excluding carboxylic acids is 1. The van der Waals surface area contributed by atoms with Gasteiger partial charge in [-0.1, -0.05) is 17.3 Å². The summed E-state index contributed by atoms with van der Waals surface area (Å²) in [7, 11) is 1.69. The molecule has 8 heteroatoms. The Bertz CT molecular complexity index is 660. The van der Waals surface area contributed by atoms with E-state index in [1.807, 2.05) is 0 Å². The molecule has 2 rings (SSSR count). The molecule has 0 aliphatic rings. The third-order valence-electron chi connectivity index (χ3n) is 2.49. The van der Waals surface area contributed by atoms with Gasteiger partial charge in [-0.2, -0.15) is 13.2 Å². The Hall–Kier alpha value is -2.64. The Morgan fingerprint density at radius 3 is 2.52 bits per heavy atom. The number of nitrogens with zero attached hydrogens (tertiary/aromatic N) is 3. The highest BCUT2D eigenvalue weighted by atomic mass is 19.4. The summed E-state index contributed by atoms with van der Waals surface area (Å²) >= 11 is 0. The van der Waals surface area contributed by atoms with E-state index in [9.17, 15) is 18.0 Å². The summed E-state index contributed by atoms with van der Waals surface area (Å²) in [5.74, 6) is -0.751. The molecule has 5 nitrogen and oxygen atoms in total. The Balaban J connectivity index is 1.97. The van der Waals surface area contributed by atoms with Crippen molar-refractivity contribution in [3.8, 4) is 0 Å². The van der Waals surface area contributed by atoms with E-state index in [0.717, 1.165) is 18.3 Å². The monoisotopic (exact) mass is 297 g/mol. The molecular formula is C13H10F3N3O2. The molecule has 0 saturated carbocycles. The lowest BCUT2D eigenvalue weighted by Gasteiger charge is -2.05. The number of imidazole rings is 1. The van der Waals surface area contributed by atoms with Crippen LogP contribution in [0, 0.1) is 0 Å². The minimum Gasteiger partial charge on any atom is -0.340 e. The van der Waals surface area contributed by atoms with Crippen molar-refractivity contribution in [2.45, 2.75) is 6.18 Å². The Morgan fingerprint density at radius 2 is 2.00 bits per heavy atom. The third kappa shape index (κ3) is 3.91. The summed E-state index contributed by atoms with van der Waals surface area (Å²) in [6, 6.07) is 4.28. The molecule has 0 bridgehead atoms. The van der Waals surface area contributed by atoms with E-state index in [4.69, 9.17) is 0 Å². The third-order valence-corrected chi connectivity index (χ3v) is 2.49. The van der Waals surface area contributed by atoms with Crippen LogP contribution in [0.1, 0.15) is 21.6 Å². The summed E-state index contributed by atoms with van der Waals surface area (Å²) in [5, 5.41) is 3.41. The van der Waals surface area contributed by atoms with Crippen molar-refractivity contribution in [3.63, 3.8) is 0 Å². The normalized spacial score (nSPS) is 11.8. The number of alkyl halides is 3. The maximum absolute atomic E-state index is 12.4. The van der Waals surface area contributed by atoms with Crippen molar-refractivity contribution in [1.29, 1.82) is 0 Å². The van der Waals surface area contributed by atoms with Crippen LogP contribution in [0.2, 0.25) is 0 Å². The van der Waals surface area contributed by atoms with Crippen molar-refractivity contribution >= 4 is 12.2 Å². The Morgan fingerprint density at radius 1 is 1.33 bits per heavy atom. The van der Waals surface area contributed by atoms with Gasteiger partial charge in [0.05, 0.1) is 18.1 Å². The number of benzene rings is 1. The molecule has 0 N–H and O–H groups in total. The van der Waals surface area contributed by atoms with Crippen molar-refractivity contribution in [2.75, 3.05) is 0 Å². The van der Waals surface area contributed by atoms with Gasteiger partial charge in [-0.25, -0.2) is 9.78 Å². The Kier molecular flexibility index (Phi) is 4.06. The van der Waals surface area contributed by atoms with Crippen LogP contribution in [0.25, 0.3) is 0 Å². The fourth-order valence-electron chi connectivity index (χ4n) is 1.46. The van der Waals surface area contributed by atoms with E-state index < -0.39 is 17.7 Å². The van der Waals surface area contributed by atoms with Crippen molar-refractivity contribution in [2.24, 2.45) is 12.2 Å². The molecule has 21 heavy (non-hydrogen) atoms. The lowest BCUT2D eigenvalue weighted by atomic mass is 10.1. The number of aromatic nitrogens is 2. The highest BCUT2D eigenvalue weighted by molar-refractivity contribution is 5.87. The zero-order chi connectivity index (χ0) is 15.5. The van der Waals surface area contributed by atoms with Gasteiger partial charge in [0, 0.05) is 13.2 Å². The largest absolute Gasteiger partial charge is 0.416 e. The predicted octanol–water partition coefficient (Wildman–Crippen LogP) is 2.63. The smallest absolute Gasteiger partial charge is 0.340 e. The van der Waals surface area contributed by atoms with E-state index in [1.54, 1.807) is 11.6 Å². The molecule has 110 valence electrons. The van der Waals surface area contributed by atoms with Gasteiger partial charge in [0.15, 0.2) is 5.69 Å². The minimum absolute atomic E-state index is 0.0852. The van der Waals surface area contributed by atoms with Crippen molar-refractivity contribution < 1.29 is 22.8 Å². The topological polar surface area (TPSA) is 56.5 Å². The lowest BCUT2D eigenvalue weighted by molar-refractivity contribution is -0.137. The number of hydrogen-bond acceptors (Lipinski definition) is 4. The second-order valence-electron chi connectivity index (χ2n) is 4.16. The average Bonchev–Trinajstić information content (AvgIpc) is 2.85. The highest BCUT2D eigenvalue weighted by Crippen LogP contribution is 2.28. The summed E-state index contributed by atoms with van der Waals surface area (Å²) in [5.41, 5.74) is -0.302. The van der Waals surface area contributed by atoms with Gasteiger partial charge in [-0.15, -0.1) is 0 Å². The second-order valence-corrected chi connectivity index (χ2v) is 4.16. The van der Waals surface area contributed by atoms with Crippen LogP contribution >= 0.6 is 0 Å². The average molecular weight is 297 g/mol. The number of aryl methyl sites for hydroxylation is 1. The molecule has 0 radical (unpaired) electrons. The zero-order valence-electron chi connectivity index (χ0n) is 10.8. The number of hydrogen-bond donors (Lipinski definition) is 0. The molecule has 2 aromatic rings. The SMILES string of the molecule is Cn1cnc(C(=O)ON=Cc2ccc(C(F)(F)F)cc2)c1. The maximum atomic E-state index is 12.4. The molecular weight excluding hydrogens is 287 g/mol. The molecule has 0 amide bonds. The number of oxime groups is 1. The molecule has 0 spiro atoms. The number of halogens is 3. The van der Waals surface area contributed by atoms with E-state index in [-0.39, 0.29) is 5.69 Å². The van der Waals surface area contributed by atoms with Crippen LogP contribution in [0.5, 0.6) is 0 Å². The molecule has 0 aliphatic heterocycles. The van der Waals surface area contributed by atoms with E-state index in [0.29, 0.717) is 5.56 Å². The lowest BCUT2D eigenvalue weighted by Crippen LogP contribution is -2.04. The molecule has 0 aliphatic carbocycles. The van der Waals surface area contributed by atoms with Gasteiger partial charge in [0.25, 0.3) is 0 Å². The first-order valence-electron chi connectivity index (χ1n) is 5.76.